The summed E-state index contributed by atoms with van der Waals surface area (Å²) in [6.07, 6.45) is 1.68. The van der Waals surface area contributed by atoms with Crippen molar-refractivity contribution in [3.05, 3.63) is 0 Å². The highest BCUT2D eigenvalue weighted by Crippen LogP contribution is 2.26. The van der Waals surface area contributed by atoms with Crippen LogP contribution in [0.15, 0.2) is 0 Å². The molecule has 0 spiro atoms. The van der Waals surface area contributed by atoms with Crippen LogP contribution in [0.4, 0.5) is 0 Å². The molecular formula is C16H26N4O3. The van der Waals surface area contributed by atoms with Crippen molar-refractivity contribution in [2.75, 3.05) is 52.4 Å². The Hall–Kier alpha value is -1.47. The second-order valence-electron chi connectivity index (χ2n) is 7.27. The molecule has 0 bridgehead atoms. The molecule has 7 heteroatoms. The lowest BCUT2D eigenvalue weighted by atomic mass is 9.89. The molecule has 3 aliphatic rings. The number of hydrogen-bond donors (Lipinski definition) is 1. The van der Waals surface area contributed by atoms with Crippen LogP contribution in [0.1, 0.15) is 26.2 Å². The molecule has 7 nitrogen and oxygen atoms in total. The largest absolute Gasteiger partial charge is 0.339 e. The standard InChI is InChI=1S/C16H26N4O3/c1-16(4-5-17-11-16)12-18-6-8-19(9-7-18)15(23)10-20-13(21)2-3-14(20)22/h17H,2-12H2,1H3. The highest BCUT2D eigenvalue weighted by Gasteiger charge is 2.34. The van der Waals surface area contributed by atoms with Crippen molar-refractivity contribution in [3.8, 4) is 0 Å². The quantitative estimate of drug-likeness (QED) is 0.692. The molecular weight excluding hydrogens is 296 g/mol. The van der Waals surface area contributed by atoms with E-state index in [9.17, 15) is 14.4 Å². The van der Waals surface area contributed by atoms with Gasteiger partial charge in [0.25, 0.3) is 0 Å². The number of nitrogens with one attached hydrogen (secondary N) is 1. The monoisotopic (exact) mass is 322 g/mol. The smallest absolute Gasteiger partial charge is 0.242 e. The van der Waals surface area contributed by atoms with Crippen LogP contribution in [0.5, 0.6) is 0 Å². The number of carbonyl (C=O) groups excluding carboxylic acids is 3. The summed E-state index contributed by atoms with van der Waals surface area (Å²) in [5.41, 5.74) is 0.334. The first kappa shape index (κ1) is 16.4. The maximum atomic E-state index is 12.3. The molecule has 1 N–H and O–H groups in total. The van der Waals surface area contributed by atoms with Gasteiger partial charge >= 0.3 is 0 Å². The third-order valence-electron chi connectivity index (χ3n) is 5.24. The zero-order chi connectivity index (χ0) is 16.4. The van der Waals surface area contributed by atoms with Crippen LogP contribution in [0.3, 0.4) is 0 Å². The highest BCUT2D eigenvalue weighted by molar-refractivity contribution is 6.04. The van der Waals surface area contributed by atoms with Crippen LogP contribution in [0.25, 0.3) is 0 Å². The van der Waals surface area contributed by atoms with E-state index < -0.39 is 0 Å². The average molecular weight is 322 g/mol. The summed E-state index contributed by atoms with van der Waals surface area (Å²) < 4.78 is 0. The lowest BCUT2D eigenvalue weighted by molar-refractivity contribution is -0.146. The minimum absolute atomic E-state index is 0.0840. The van der Waals surface area contributed by atoms with Crippen LogP contribution < -0.4 is 5.32 Å². The molecule has 0 saturated carbocycles. The number of rotatable bonds is 4. The van der Waals surface area contributed by atoms with E-state index in [-0.39, 0.29) is 37.1 Å². The van der Waals surface area contributed by atoms with Crippen LogP contribution in [-0.2, 0) is 14.4 Å². The van der Waals surface area contributed by atoms with Crippen molar-refractivity contribution in [1.82, 2.24) is 20.0 Å². The molecule has 3 amide bonds. The van der Waals surface area contributed by atoms with E-state index in [1.165, 1.54) is 6.42 Å². The van der Waals surface area contributed by atoms with Crippen LogP contribution >= 0.6 is 0 Å². The third-order valence-corrected chi connectivity index (χ3v) is 5.24. The summed E-state index contributed by atoms with van der Waals surface area (Å²) in [6, 6.07) is 0. The van der Waals surface area contributed by atoms with Crippen molar-refractivity contribution in [3.63, 3.8) is 0 Å². The molecule has 3 saturated heterocycles. The van der Waals surface area contributed by atoms with Gasteiger partial charge in [0.15, 0.2) is 0 Å². The first-order valence-corrected chi connectivity index (χ1v) is 8.51. The summed E-state index contributed by atoms with van der Waals surface area (Å²) in [6.45, 7) is 8.53. The Balaban J connectivity index is 1.46. The fourth-order valence-corrected chi connectivity index (χ4v) is 3.73. The number of likely N-dealkylation sites (tertiary alicyclic amines) is 1. The predicted molar refractivity (Wildman–Crippen MR) is 84.6 cm³/mol. The Kier molecular flexibility index (Phi) is 4.68. The zero-order valence-electron chi connectivity index (χ0n) is 13.8. The zero-order valence-corrected chi connectivity index (χ0v) is 13.8. The lowest BCUT2D eigenvalue weighted by Gasteiger charge is -2.39. The number of nitrogens with zero attached hydrogens (tertiary/aromatic N) is 3. The predicted octanol–water partition coefficient (Wildman–Crippen LogP) is -0.721. The topological polar surface area (TPSA) is 73.0 Å². The Labute approximate surface area is 137 Å². The molecule has 1 unspecified atom stereocenters. The summed E-state index contributed by atoms with van der Waals surface area (Å²) in [5, 5.41) is 3.42. The maximum absolute atomic E-state index is 12.3. The fourth-order valence-electron chi connectivity index (χ4n) is 3.73. The molecule has 1 atom stereocenters. The Morgan fingerprint density at radius 3 is 2.35 bits per heavy atom. The van der Waals surface area contributed by atoms with E-state index in [4.69, 9.17) is 0 Å². The molecule has 23 heavy (non-hydrogen) atoms. The van der Waals surface area contributed by atoms with Gasteiger partial charge in [-0.25, -0.2) is 0 Å². The molecule has 0 aromatic rings. The van der Waals surface area contributed by atoms with E-state index >= 15 is 0 Å². The van der Waals surface area contributed by atoms with Gasteiger partial charge in [0.05, 0.1) is 0 Å². The molecule has 3 rings (SSSR count). The molecule has 3 aliphatic heterocycles. The molecule has 0 aromatic carbocycles. The van der Waals surface area contributed by atoms with Gasteiger partial charge in [-0.2, -0.15) is 0 Å². The number of piperazine rings is 1. The minimum atomic E-state index is -0.219. The number of hydrogen-bond acceptors (Lipinski definition) is 5. The summed E-state index contributed by atoms with van der Waals surface area (Å²) in [7, 11) is 0. The third kappa shape index (κ3) is 3.72. The van der Waals surface area contributed by atoms with Crippen molar-refractivity contribution < 1.29 is 14.4 Å². The van der Waals surface area contributed by atoms with Gasteiger partial charge in [-0.3, -0.25) is 24.2 Å². The first-order chi connectivity index (χ1) is 11.0. The van der Waals surface area contributed by atoms with Gasteiger partial charge in [-0.15, -0.1) is 0 Å². The van der Waals surface area contributed by atoms with Crippen LogP contribution in [0.2, 0.25) is 0 Å². The Morgan fingerprint density at radius 2 is 1.78 bits per heavy atom. The minimum Gasteiger partial charge on any atom is -0.339 e. The molecule has 3 heterocycles. The fraction of sp³-hybridized carbons (Fsp3) is 0.812. The summed E-state index contributed by atoms with van der Waals surface area (Å²) in [5.74, 6) is -0.547. The van der Waals surface area contributed by atoms with Crippen molar-refractivity contribution >= 4 is 17.7 Å². The van der Waals surface area contributed by atoms with Gasteiger partial charge in [0.2, 0.25) is 17.7 Å². The SMILES string of the molecule is CC1(CN2CCN(C(=O)CN3C(=O)CCC3=O)CC2)CCNC1. The van der Waals surface area contributed by atoms with Crippen LogP contribution in [-0.4, -0.2) is 84.8 Å². The van der Waals surface area contributed by atoms with Crippen molar-refractivity contribution in [2.24, 2.45) is 5.41 Å². The van der Waals surface area contributed by atoms with E-state index in [0.717, 1.165) is 37.6 Å². The summed E-state index contributed by atoms with van der Waals surface area (Å²) >= 11 is 0. The van der Waals surface area contributed by atoms with Gasteiger partial charge in [-0.1, -0.05) is 6.92 Å². The van der Waals surface area contributed by atoms with E-state index in [2.05, 4.69) is 17.1 Å². The molecule has 128 valence electrons. The Morgan fingerprint density at radius 1 is 1.13 bits per heavy atom. The first-order valence-electron chi connectivity index (χ1n) is 8.51. The van der Waals surface area contributed by atoms with Crippen molar-refractivity contribution in [1.29, 1.82) is 0 Å². The maximum Gasteiger partial charge on any atom is 0.242 e. The van der Waals surface area contributed by atoms with Gasteiger partial charge < -0.3 is 10.2 Å². The highest BCUT2D eigenvalue weighted by atomic mass is 16.2. The van der Waals surface area contributed by atoms with Gasteiger partial charge in [0.1, 0.15) is 6.54 Å². The van der Waals surface area contributed by atoms with Crippen LogP contribution in [0, 0.1) is 5.41 Å². The molecule has 0 aromatic heterocycles. The van der Waals surface area contributed by atoms with Gasteiger partial charge in [0, 0.05) is 52.1 Å². The Bertz CT molecular complexity index is 478. The number of carbonyl (C=O) groups is 3. The van der Waals surface area contributed by atoms with E-state index in [1.54, 1.807) is 4.90 Å². The normalized spacial score (nSPS) is 29.6. The molecule has 0 aliphatic carbocycles. The summed E-state index contributed by atoms with van der Waals surface area (Å²) in [4.78, 5) is 40.8. The molecule has 0 radical (unpaired) electrons. The van der Waals surface area contributed by atoms with E-state index in [0.29, 0.717) is 18.5 Å². The number of imide groups is 1. The second-order valence-corrected chi connectivity index (χ2v) is 7.27. The molecule has 3 fully saturated rings. The number of amides is 3. The van der Waals surface area contributed by atoms with E-state index in [1.807, 2.05) is 0 Å². The second kappa shape index (κ2) is 6.57. The lowest BCUT2D eigenvalue weighted by Crippen LogP contribution is -2.53. The van der Waals surface area contributed by atoms with Crippen molar-refractivity contribution in [2.45, 2.75) is 26.2 Å². The average Bonchev–Trinajstić information content (AvgIpc) is 3.08. The van der Waals surface area contributed by atoms with Gasteiger partial charge in [-0.05, 0) is 18.4 Å².